The van der Waals surface area contributed by atoms with Gasteiger partial charge in [0.1, 0.15) is 17.3 Å². The van der Waals surface area contributed by atoms with Gasteiger partial charge in [-0.1, -0.05) is 6.08 Å². The molecule has 150 valence electrons. The molecular weight excluding hydrogens is 366 g/mol. The highest BCUT2D eigenvalue weighted by atomic mass is 16.5. The van der Waals surface area contributed by atoms with E-state index in [2.05, 4.69) is 57.1 Å². The average Bonchev–Trinajstić information content (AvgIpc) is 3.29. The van der Waals surface area contributed by atoms with Crippen molar-refractivity contribution in [1.29, 1.82) is 0 Å². The molecule has 7 heteroatoms. The molecule has 29 heavy (non-hydrogen) atoms. The summed E-state index contributed by atoms with van der Waals surface area (Å²) in [5, 5.41) is 9.92. The van der Waals surface area contributed by atoms with Crippen molar-refractivity contribution < 1.29 is 9.15 Å². The van der Waals surface area contributed by atoms with Crippen molar-refractivity contribution in [3.05, 3.63) is 46.2 Å². The molecule has 1 aliphatic carbocycles. The Kier molecular flexibility index (Phi) is 4.47. The van der Waals surface area contributed by atoms with Crippen molar-refractivity contribution in [2.45, 2.75) is 52.4 Å². The molecule has 3 aromatic rings. The highest BCUT2D eigenvalue weighted by Gasteiger charge is 2.23. The topological polar surface area (TPSA) is 80.1 Å². The summed E-state index contributed by atoms with van der Waals surface area (Å²) >= 11 is 0. The summed E-state index contributed by atoms with van der Waals surface area (Å²) in [6, 6.07) is 4.12. The summed E-state index contributed by atoms with van der Waals surface area (Å²) in [5.74, 6) is 2.66. The largest absolute Gasteiger partial charge is 0.446 e. The van der Waals surface area contributed by atoms with Gasteiger partial charge in [0.05, 0.1) is 29.8 Å². The summed E-state index contributed by atoms with van der Waals surface area (Å²) in [7, 11) is 0. The number of pyridine rings is 1. The van der Waals surface area contributed by atoms with E-state index >= 15 is 0 Å². The lowest BCUT2D eigenvalue weighted by molar-refractivity contribution is 0.0473. The first kappa shape index (κ1) is 18.1. The van der Waals surface area contributed by atoms with Crippen molar-refractivity contribution in [2.24, 2.45) is 0 Å². The summed E-state index contributed by atoms with van der Waals surface area (Å²) < 4.78 is 11.7. The van der Waals surface area contributed by atoms with Gasteiger partial charge in [0.25, 0.3) is 0 Å². The van der Waals surface area contributed by atoms with Crippen LogP contribution in [0.3, 0.4) is 0 Å². The third-order valence-electron chi connectivity index (χ3n) is 5.36. The Bertz CT molecular complexity index is 1160. The number of nitrogens with zero attached hydrogens (tertiary/aromatic N) is 4. The maximum absolute atomic E-state index is 6.00. The molecule has 2 aliphatic rings. The Hall–Kier alpha value is -2.93. The van der Waals surface area contributed by atoms with Gasteiger partial charge in [-0.2, -0.15) is 5.10 Å². The zero-order valence-corrected chi connectivity index (χ0v) is 17.0. The number of fused-ring (bicyclic) bond motifs is 2. The average molecular weight is 391 g/mol. The van der Waals surface area contributed by atoms with E-state index in [1.807, 2.05) is 19.2 Å². The number of aryl methyl sites for hydroxylation is 1. The van der Waals surface area contributed by atoms with Crippen LogP contribution in [-0.2, 0) is 17.7 Å². The second kappa shape index (κ2) is 7.15. The maximum Gasteiger partial charge on any atom is 0.191 e. The highest BCUT2D eigenvalue weighted by Crippen LogP contribution is 2.25. The van der Waals surface area contributed by atoms with Gasteiger partial charge in [-0.25, -0.2) is 9.97 Å². The molecule has 0 amide bonds. The van der Waals surface area contributed by atoms with Crippen molar-refractivity contribution >= 4 is 18.0 Å². The van der Waals surface area contributed by atoms with Crippen molar-refractivity contribution in [1.82, 2.24) is 20.2 Å². The molecule has 0 aromatic carbocycles. The minimum absolute atomic E-state index is 0.0797. The van der Waals surface area contributed by atoms with Crippen molar-refractivity contribution in [3.63, 3.8) is 0 Å². The van der Waals surface area contributed by atoms with Gasteiger partial charge >= 0.3 is 0 Å². The third kappa shape index (κ3) is 3.46. The van der Waals surface area contributed by atoms with E-state index in [-0.39, 0.29) is 12.2 Å². The van der Waals surface area contributed by atoms with Gasteiger partial charge in [0, 0.05) is 36.9 Å². The predicted octanol–water partition coefficient (Wildman–Crippen LogP) is 2.09. The fourth-order valence-corrected chi connectivity index (χ4v) is 4.10. The van der Waals surface area contributed by atoms with Gasteiger partial charge in [0.15, 0.2) is 5.89 Å². The highest BCUT2D eigenvalue weighted by molar-refractivity contribution is 5.66. The molecule has 1 aliphatic heterocycles. The Morgan fingerprint density at radius 1 is 1.34 bits per heavy atom. The van der Waals surface area contributed by atoms with Crippen LogP contribution in [0.15, 0.2) is 22.7 Å². The number of oxazole rings is 1. The van der Waals surface area contributed by atoms with E-state index in [0.717, 1.165) is 64.4 Å². The van der Waals surface area contributed by atoms with Gasteiger partial charge in [-0.05, 0) is 38.5 Å². The molecule has 3 aromatic heterocycles. The van der Waals surface area contributed by atoms with Gasteiger partial charge in [-0.15, -0.1) is 0 Å². The second-order valence-electron chi connectivity index (χ2n) is 7.91. The van der Waals surface area contributed by atoms with Crippen LogP contribution in [0, 0.1) is 6.92 Å². The fourth-order valence-electron chi connectivity index (χ4n) is 4.10. The normalized spacial score (nSPS) is 18.2. The number of rotatable bonds is 4. The number of H-pyrrole nitrogens is 1. The SMILES string of the molecule is Cc1nc2c(o1)CCN(c1cc(-c3n[nH]c4c3=CC(OC(C)C)CC=4)ccn1)C2. The first-order chi connectivity index (χ1) is 14.1. The van der Waals surface area contributed by atoms with E-state index in [1.165, 1.54) is 0 Å². The molecular formula is C22H25N5O2. The van der Waals surface area contributed by atoms with E-state index in [0.29, 0.717) is 6.54 Å². The van der Waals surface area contributed by atoms with E-state index in [1.54, 1.807) is 0 Å². The number of hydrogen-bond donors (Lipinski definition) is 1. The summed E-state index contributed by atoms with van der Waals surface area (Å²) in [6.45, 7) is 7.60. The molecule has 4 heterocycles. The van der Waals surface area contributed by atoms with Crippen molar-refractivity contribution in [2.75, 3.05) is 11.4 Å². The summed E-state index contributed by atoms with van der Waals surface area (Å²) in [5.41, 5.74) is 2.99. The summed E-state index contributed by atoms with van der Waals surface area (Å²) in [6.07, 6.45) is 8.18. The molecule has 0 saturated heterocycles. The minimum Gasteiger partial charge on any atom is -0.446 e. The Labute approximate surface area is 169 Å². The number of ether oxygens (including phenoxy) is 1. The van der Waals surface area contributed by atoms with E-state index in [9.17, 15) is 0 Å². The lowest BCUT2D eigenvalue weighted by Crippen LogP contribution is -2.32. The predicted molar refractivity (Wildman–Crippen MR) is 111 cm³/mol. The van der Waals surface area contributed by atoms with Crippen LogP contribution in [0.4, 0.5) is 5.82 Å². The Morgan fingerprint density at radius 3 is 3.10 bits per heavy atom. The fraction of sp³-hybridized carbons (Fsp3) is 0.409. The monoisotopic (exact) mass is 391 g/mol. The van der Waals surface area contributed by atoms with Crippen LogP contribution in [-0.4, -0.2) is 38.9 Å². The van der Waals surface area contributed by atoms with Crippen LogP contribution < -0.4 is 15.5 Å². The molecule has 5 rings (SSSR count). The van der Waals surface area contributed by atoms with E-state index in [4.69, 9.17) is 9.15 Å². The zero-order valence-electron chi connectivity index (χ0n) is 17.0. The van der Waals surface area contributed by atoms with Crippen LogP contribution in [0.2, 0.25) is 0 Å². The number of nitrogens with one attached hydrogen (secondary N) is 1. The summed E-state index contributed by atoms with van der Waals surface area (Å²) in [4.78, 5) is 11.4. The lowest BCUT2D eigenvalue weighted by Gasteiger charge is -2.26. The third-order valence-corrected chi connectivity index (χ3v) is 5.36. The van der Waals surface area contributed by atoms with Gasteiger partial charge in [-0.3, -0.25) is 5.10 Å². The first-order valence-corrected chi connectivity index (χ1v) is 10.2. The maximum atomic E-state index is 6.00. The number of hydrogen-bond acceptors (Lipinski definition) is 6. The Balaban J connectivity index is 1.47. The minimum atomic E-state index is 0.0797. The number of aromatic amines is 1. The standard InChI is InChI=1S/C22H25N5O2/c1-13(2)28-16-4-5-18-17(11-16)22(26-25-18)15-6-8-23-21(10-15)27-9-7-20-19(12-27)24-14(3)29-20/h5-6,8,10-11,13,16,25H,4,7,9,12H2,1-3H3. The Morgan fingerprint density at radius 2 is 2.24 bits per heavy atom. The quantitative estimate of drug-likeness (QED) is 0.734. The molecule has 1 atom stereocenters. The molecule has 0 saturated carbocycles. The van der Waals surface area contributed by atoms with Crippen LogP contribution >= 0.6 is 0 Å². The van der Waals surface area contributed by atoms with Crippen molar-refractivity contribution in [3.8, 4) is 11.3 Å². The number of aromatic nitrogens is 4. The molecule has 0 fully saturated rings. The molecule has 0 radical (unpaired) electrons. The lowest BCUT2D eigenvalue weighted by atomic mass is 10.1. The molecule has 0 spiro atoms. The van der Waals surface area contributed by atoms with Crippen LogP contribution in [0.1, 0.15) is 37.6 Å². The molecule has 1 unspecified atom stereocenters. The van der Waals surface area contributed by atoms with Crippen LogP contribution in [0.5, 0.6) is 0 Å². The first-order valence-electron chi connectivity index (χ1n) is 10.2. The van der Waals surface area contributed by atoms with Gasteiger partial charge < -0.3 is 14.1 Å². The molecule has 7 nitrogen and oxygen atoms in total. The molecule has 0 bridgehead atoms. The molecule has 1 N–H and O–H groups in total. The second-order valence-corrected chi connectivity index (χ2v) is 7.91. The number of anilines is 1. The van der Waals surface area contributed by atoms with E-state index < -0.39 is 0 Å². The smallest absolute Gasteiger partial charge is 0.191 e. The van der Waals surface area contributed by atoms with Gasteiger partial charge in [0.2, 0.25) is 0 Å². The van der Waals surface area contributed by atoms with Crippen LogP contribution in [0.25, 0.3) is 23.4 Å². The zero-order chi connectivity index (χ0) is 20.0.